The lowest BCUT2D eigenvalue weighted by Gasteiger charge is -2.36. The lowest BCUT2D eigenvalue weighted by molar-refractivity contribution is 0.290. The van der Waals surface area contributed by atoms with Crippen LogP contribution in [0.1, 0.15) is 46.5 Å². The van der Waals surface area contributed by atoms with Crippen molar-refractivity contribution in [3.8, 4) is 0 Å². The molecule has 2 atom stereocenters. The van der Waals surface area contributed by atoms with Gasteiger partial charge in [0.05, 0.1) is 10.5 Å². The maximum absolute atomic E-state index is 12.0. The van der Waals surface area contributed by atoms with Crippen molar-refractivity contribution in [1.29, 1.82) is 0 Å². The van der Waals surface area contributed by atoms with Crippen molar-refractivity contribution in [3.05, 3.63) is 11.6 Å². The molecule has 20 heavy (non-hydrogen) atoms. The van der Waals surface area contributed by atoms with E-state index in [-0.39, 0.29) is 15.5 Å². The van der Waals surface area contributed by atoms with Gasteiger partial charge in [-0.25, -0.2) is 8.42 Å². The highest BCUT2D eigenvalue weighted by Gasteiger charge is 2.43. The van der Waals surface area contributed by atoms with E-state index in [4.69, 9.17) is 4.43 Å². The molecule has 0 aliphatic carbocycles. The Morgan fingerprint density at radius 2 is 1.95 bits per heavy atom. The molecule has 2 heterocycles. The van der Waals surface area contributed by atoms with Gasteiger partial charge in [0, 0.05) is 6.61 Å². The van der Waals surface area contributed by atoms with E-state index in [0.717, 1.165) is 32.3 Å². The van der Waals surface area contributed by atoms with Gasteiger partial charge in [0.1, 0.15) is 0 Å². The first kappa shape index (κ1) is 16.2. The highest BCUT2D eigenvalue weighted by Crippen LogP contribution is 2.39. The maximum atomic E-state index is 12.0. The van der Waals surface area contributed by atoms with Crippen molar-refractivity contribution in [1.82, 2.24) is 0 Å². The van der Waals surface area contributed by atoms with Gasteiger partial charge in [-0.2, -0.15) is 0 Å². The fraction of sp³-hybridized carbons (Fsp3) is 0.867. The summed E-state index contributed by atoms with van der Waals surface area (Å²) in [5.74, 6) is 0. The average Bonchev–Trinajstić information content (AvgIpc) is 2.50. The molecule has 0 radical (unpaired) electrons. The lowest BCUT2D eigenvalue weighted by Crippen LogP contribution is -2.41. The summed E-state index contributed by atoms with van der Waals surface area (Å²) >= 11 is 0. The fourth-order valence-electron chi connectivity index (χ4n) is 2.78. The number of hydrogen-bond donors (Lipinski definition) is 0. The molecule has 116 valence electrons. The van der Waals surface area contributed by atoms with E-state index in [1.54, 1.807) is 0 Å². The molecular formula is C15H28O3SSi. The number of rotatable bonds is 4. The predicted molar refractivity (Wildman–Crippen MR) is 86.2 cm³/mol. The van der Waals surface area contributed by atoms with Gasteiger partial charge in [-0.3, -0.25) is 0 Å². The first-order chi connectivity index (χ1) is 9.04. The Morgan fingerprint density at radius 3 is 2.50 bits per heavy atom. The Kier molecular flexibility index (Phi) is 4.26. The monoisotopic (exact) mass is 316 g/mol. The zero-order valence-corrected chi connectivity index (χ0v) is 15.2. The molecule has 2 bridgehead atoms. The van der Waals surface area contributed by atoms with Crippen molar-refractivity contribution in [2.45, 2.75) is 75.1 Å². The van der Waals surface area contributed by atoms with E-state index in [9.17, 15) is 8.42 Å². The van der Waals surface area contributed by atoms with Gasteiger partial charge in [0.25, 0.3) is 0 Å². The van der Waals surface area contributed by atoms with E-state index in [1.165, 1.54) is 5.57 Å². The number of fused-ring (bicyclic) bond motifs is 2. The highest BCUT2D eigenvalue weighted by molar-refractivity contribution is 7.93. The SMILES string of the molecule is CC(C)(C)[Si](C)(C)OCCC1=CC2CCC(C1)S2(=O)=O. The molecule has 2 rings (SSSR count). The molecule has 0 aromatic heterocycles. The largest absolute Gasteiger partial charge is 0.417 e. The molecule has 2 aliphatic heterocycles. The van der Waals surface area contributed by atoms with Crippen LogP contribution in [0.25, 0.3) is 0 Å². The smallest absolute Gasteiger partial charge is 0.191 e. The Bertz CT molecular complexity index is 500. The highest BCUT2D eigenvalue weighted by atomic mass is 32.2. The summed E-state index contributed by atoms with van der Waals surface area (Å²) < 4.78 is 30.2. The van der Waals surface area contributed by atoms with E-state index in [0.29, 0.717) is 0 Å². The van der Waals surface area contributed by atoms with Crippen molar-refractivity contribution in [3.63, 3.8) is 0 Å². The van der Waals surface area contributed by atoms with Crippen LogP contribution in [0.15, 0.2) is 11.6 Å². The van der Waals surface area contributed by atoms with Gasteiger partial charge >= 0.3 is 0 Å². The van der Waals surface area contributed by atoms with Crippen LogP contribution in [-0.2, 0) is 14.3 Å². The summed E-state index contributed by atoms with van der Waals surface area (Å²) in [6.07, 6.45) is 5.30. The second-order valence-corrected chi connectivity index (χ2v) is 15.0. The zero-order valence-electron chi connectivity index (χ0n) is 13.4. The number of sulfone groups is 1. The summed E-state index contributed by atoms with van der Waals surface area (Å²) in [7, 11) is -4.53. The van der Waals surface area contributed by atoms with Crippen LogP contribution in [0.3, 0.4) is 0 Å². The fourth-order valence-corrected chi connectivity index (χ4v) is 6.08. The van der Waals surface area contributed by atoms with Crippen LogP contribution in [0, 0.1) is 0 Å². The summed E-state index contributed by atoms with van der Waals surface area (Å²) in [5, 5.41) is -0.0828. The maximum Gasteiger partial charge on any atom is 0.191 e. The molecule has 0 N–H and O–H groups in total. The Balaban J connectivity index is 1.91. The van der Waals surface area contributed by atoms with Crippen molar-refractivity contribution < 1.29 is 12.8 Å². The average molecular weight is 317 g/mol. The predicted octanol–water partition coefficient (Wildman–Crippen LogP) is 3.67. The van der Waals surface area contributed by atoms with Gasteiger partial charge in [-0.15, -0.1) is 0 Å². The third kappa shape index (κ3) is 3.04. The molecule has 1 fully saturated rings. The molecule has 0 amide bonds. The minimum Gasteiger partial charge on any atom is -0.417 e. The van der Waals surface area contributed by atoms with Gasteiger partial charge in [-0.1, -0.05) is 32.4 Å². The van der Waals surface area contributed by atoms with Crippen LogP contribution in [0.2, 0.25) is 18.1 Å². The third-order valence-electron chi connectivity index (χ3n) is 5.26. The van der Waals surface area contributed by atoms with Gasteiger partial charge < -0.3 is 4.43 Å². The molecule has 2 aliphatic rings. The zero-order chi connectivity index (χ0) is 15.2. The summed E-state index contributed by atoms with van der Waals surface area (Å²) in [6, 6.07) is 0. The van der Waals surface area contributed by atoms with Crippen LogP contribution < -0.4 is 0 Å². The normalized spacial score (nSPS) is 29.4. The van der Waals surface area contributed by atoms with Crippen LogP contribution >= 0.6 is 0 Å². The van der Waals surface area contributed by atoms with Gasteiger partial charge in [0.2, 0.25) is 0 Å². The topological polar surface area (TPSA) is 43.4 Å². The molecule has 0 saturated carbocycles. The molecule has 0 aromatic rings. The van der Waals surface area contributed by atoms with Crippen LogP contribution in [-0.4, -0.2) is 33.8 Å². The summed E-state index contributed by atoms with van der Waals surface area (Å²) in [6.45, 7) is 12.0. The van der Waals surface area contributed by atoms with Gasteiger partial charge in [0.15, 0.2) is 18.2 Å². The van der Waals surface area contributed by atoms with Crippen molar-refractivity contribution >= 4 is 18.2 Å². The summed E-state index contributed by atoms with van der Waals surface area (Å²) in [5.41, 5.74) is 1.30. The standard InChI is InChI=1S/C15H28O3SSi/c1-15(2,3)20(4,5)18-9-8-12-10-13-6-7-14(11-12)19(13,16)17/h10,13-14H,6-9,11H2,1-5H3. The molecule has 0 spiro atoms. The Morgan fingerprint density at radius 1 is 1.30 bits per heavy atom. The molecule has 1 saturated heterocycles. The molecule has 3 nitrogen and oxygen atoms in total. The Labute approximate surface area is 124 Å². The first-order valence-electron chi connectivity index (χ1n) is 7.60. The van der Waals surface area contributed by atoms with Crippen molar-refractivity contribution in [2.75, 3.05) is 6.61 Å². The minimum absolute atomic E-state index is 0.111. The second-order valence-electron chi connectivity index (χ2n) is 7.71. The lowest BCUT2D eigenvalue weighted by atomic mass is 10.1. The Hall–Kier alpha value is -0.133. The van der Waals surface area contributed by atoms with E-state index in [1.807, 2.05) is 6.08 Å². The quantitative estimate of drug-likeness (QED) is 0.587. The molecular weight excluding hydrogens is 288 g/mol. The van der Waals surface area contributed by atoms with E-state index in [2.05, 4.69) is 33.9 Å². The van der Waals surface area contributed by atoms with Crippen LogP contribution in [0.4, 0.5) is 0 Å². The van der Waals surface area contributed by atoms with Crippen LogP contribution in [0.5, 0.6) is 0 Å². The minimum atomic E-state index is -2.85. The second kappa shape index (κ2) is 5.25. The molecule has 5 heteroatoms. The number of hydrogen-bond acceptors (Lipinski definition) is 3. The third-order valence-corrected chi connectivity index (χ3v) is 12.3. The van der Waals surface area contributed by atoms with E-state index < -0.39 is 18.2 Å². The molecule has 0 aromatic carbocycles. The molecule has 2 unspecified atom stereocenters. The summed E-state index contributed by atoms with van der Waals surface area (Å²) in [4.78, 5) is 0. The van der Waals surface area contributed by atoms with E-state index >= 15 is 0 Å². The van der Waals surface area contributed by atoms with Crippen molar-refractivity contribution in [2.24, 2.45) is 0 Å². The van der Waals surface area contributed by atoms with Gasteiger partial charge in [-0.05, 0) is 43.8 Å². The first-order valence-corrected chi connectivity index (χ1v) is 12.1.